The van der Waals surface area contributed by atoms with E-state index in [9.17, 15) is 14.4 Å². The van der Waals surface area contributed by atoms with E-state index >= 15 is 0 Å². The Bertz CT molecular complexity index is 814. The highest BCUT2D eigenvalue weighted by atomic mass is 32.2. The van der Waals surface area contributed by atoms with E-state index in [2.05, 4.69) is 36.5 Å². The third kappa shape index (κ3) is 4.77. The molecule has 0 radical (unpaired) electrons. The van der Waals surface area contributed by atoms with Crippen molar-refractivity contribution < 1.29 is 14.4 Å². The van der Waals surface area contributed by atoms with Crippen molar-refractivity contribution in [1.29, 1.82) is 0 Å². The molecule has 0 unspecified atom stereocenters. The SMILES string of the molecule is Cc1ccc(CSCCNC(=O)CCN2C(=O)c3ccccc3C2=O)cc1. The van der Waals surface area contributed by atoms with Gasteiger partial charge in [-0.2, -0.15) is 11.8 Å². The van der Waals surface area contributed by atoms with E-state index in [-0.39, 0.29) is 30.7 Å². The van der Waals surface area contributed by atoms with Crippen LogP contribution < -0.4 is 5.32 Å². The van der Waals surface area contributed by atoms with Gasteiger partial charge < -0.3 is 5.32 Å². The Hall–Kier alpha value is -2.60. The lowest BCUT2D eigenvalue weighted by atomic mass is 10.1. The first-order chi connectivity index (χ1) is 13.1. The molecule has 0 fully saturated rings. The maximum absolute atomic E-state index is 12.2. The number of imide groups is 1. The number of benzene rings is 2. The molecular weight excluding hydrogens is 360 g/mol. The molecule has 6 heteroatoms. The Labute approximate surface area is 163 Å². The van der Waals surface area contributed by atoms with Gasteiger partial charge in [-0.05, 0) is 24.6 Å². The minimum atomic E-state index is -0.322. The van der Waals surface area contributed by atoms with E-state index in [1.807, 2.05) is 0 Å². The Morgan fingerprint density at radius 3 is 2.26 bits per heavy atom. The third-order valence-corrected chi connectivity index (χ3v) is 5.43. The first kappa shape index (κ1) is 19.2. The summed E-state index contributed by atoms with van der Waals surface area (Å²) in [6, 6.07) is 15.2. The number of carbonyl (C=O) groups is 3. The van der Waals surface area contributed by atoms with E-state index in [1.54, 1.807) is 36.0 Å². The van der Waals surface area contributed by atoms with Gasteiger partial charge >= 0.3 is 0 Å². The predicted molar refractivity (Wildman–Crippen MR) is 107 cm³/mol. The summed E-state index contributed by atoms with van der Waals surface area (Å²) >= 11 is 1.76. The molecule has 3 amide bonds. The molecule has 2 aromatic rings. The summed E-state index contributed by atoms with van der Waals surface area (Å²) in [5.41, 5.74) is 3.34. The Balaban J connectivity index is 1.35. The molecule has 27 heavy (non-hydrogen) atoms. The van der Waals surface area contributed by atoms with Gasteiger partial charge in [0, 0.05) is 31.0 Å². The molecule has 0 atom stereocenters. The number of hydrogen-bond donors (Lipinski definition) is 1. The number of nitrogens with one attached hydrogen (secondary N) is 1. The van der Waals surface area contributed by atoms with Crippen molar-refractivity contribution in [2.75, 3.05) is 18.8 Å². The van der Waals surface area contributed by atoms with Gasteiger partial charge in [0.2, 0.25) is 5.91 Å². The molecule has 0 saturated heterocycles. The summed E-state index contributed by atoms with van der Waals surface area (Å²) in [5.74, 6) is 0.925. The molecule has 0 aliphatic carbocycles. The van der Waals surface area contributed by atoms with Crippen LogP contribution in [0, 0.1) is 6.92 Å². The largest absolute Gasteiger partial charge is 0.355 e. The van der Waals surface area contributed by atoms with E-state index in [0.29, 0.717) is 17.7 Å². The van der Waals surface area contributed by atoms with Crippen molar-refractivity contribution in [2.45, 2.75) is 19.1 Å². The molecule has 0 aromatic heterocycles. The average molecular weight is 382 g/mol. The number of nitrogens with zero attached hydrogens (tertiary/aromatic N) is 1. The number of thioether (sulfide) groups is 1. The van der Waals surface area contributed by atoms with Crippen LogP contribution in [0.1, 0.15) is 38.3 Å². The number of rotatable bonds is 8. The molecule has 2 aromatic carbocycles. The first-order valence-electron chi connectivity index (χ1n) is 8.91. The normalized spacial score (nSPS) is 13.0. The zero-order chi connectivity index (χ0) is 19.2. The van der Waals surface area contributed by atoms with Crippen molar-refractivity contribution in [3.05, 3.63) is 70.8 Å². The third-order valence-electron chi connectivity index (χ3n) is 4.40. The van der Waals surface area contributed by atoms with E-state index < -0.39 is 0 Å². The predicted octanol–water partition coefficient (Wildman–Crippen LogP) is 3.03. The number of aryl methyl sites for hydroxylation is 1. The van der Waals surface area contributed by atoms with Gasteiger partial charge in [-0.1, -0.05) is 42.0 Å². The number of hydrogen-bond acceptors (Lipinski definition) is 4. The molecule has 5 nitrogen and oxygen atoms in total. The van der Waals surface area contributed by atoms with E-state index in [1.165, 1.54) is 11.1 Å². The zero-order valence-electron chi connectivity index (χ0n) is 15.2. The standard InChI is InChI=1S/C21H22N2O3S/c1-15-6-8-16(9-7-15)14-27-13-11-22-19(24)10-12-23-20(25)17-4-2-3-5-18(17)21(23)26/h2-9H,10-14H2,1H3,(H,22,24). The molecule has 1 N–H and O–H groups in total. The Kier molecular flexibility index (Phi) is 6.29. The number of fused-ring (bicyclic) bond motifs is 1. The van der Waals surface area contributed by atoms with Crippen LogP contribution in [0.3, 0.4) is 0 Å². The topological polar surface area (TPSA) is 66.5 Å². The van der Waals surface area contributed by atoms with Crippen LogP contribution >= 0.6 is 11.8 Å². The summed E-state index contributed by atoms with van der Waals surface area (Å²) in [4.78, 5) is 37.6. The molecule has 0 saturated carbocycles. The molecule has 0 bridgehead atoms. The second kappa shape index (κ2) is 8.86. The number of amides is 3. The molecular formula is C21H22N2O3S. The smallest absolute Gasteiger partial charge is 0.261 e. The van der Waals surface area contributed by atoms with Crippen LogP contribution in [0.5, 0.6) is 0 Å². The van der Waals surface area contributed by atoms with Crippen molar-refractivity contribution in [3.8, 4) is 0 Å². The fourth-order valence-electron chi connectivity index (χ4n) is 2.88. The second-order valence-corrected chi connectivity index (χ2v) is 7.55. The summed E-state index contributed by atoms with van der Waals surface area (Å²) in [6.07, 6.45) is 0.119. The molecule has 1 aliphatic heterocycles. The van der Waals surface area contributed by atoms with Gasteiger partial charge in [-0.25, -0.2) is 0 Å². The minimum Gasteiger partial charge on any atom is -0.355 e. The molecule has 3 rings (SSSR count). The molecule has 140 valence electrons. The summed E-state index contributed by atoms with van der Waals surface area (Å²) < 4.78 is 0. The monoisotopic (exact) mass is 382 g/mol. The lowest BCUT2D eigenvalue weighted by molar-refractivity contribution is -0.121. The fraction of sp³-hybridized carbons (Fsp3) is 0.286. The number of carbonyl (C=O) groups excluding carboxylic acids is 3. The summed E-state index contributed by atoms with van der Waals surface area (Å²) in [6.45, 7) is 2.74. The lowest BCUT2D eigenvalue weighted by Gasteiger charge is -2.13. The molecule has 0 spiro atoms. The highest BCUT2D eigenvalue weighted by molar-refractivity contribution is 7.98. The van der Waals surface area contributed by atoms with Crippen LogP contribution in [0.4, 0.5) is 0 Å². The summed E-state index contributed by atoms with van der Waals surface area (Å²) in [5, 5.41) is 2.84. The van der Waals surface area contributed by atoms with E-state index in [0.717, 1.165) is 16.4 Å². The second-order valence-electron chi connectivity index (χ2n) is 6.45. The van der Waals surface area contributed by atoms with Crippen molar-refractivity contribution in [2.24, 2.45) is 0 Å². The Morgan fingerprint density at radius 2 is 1.63 bits per heavy atom. The van der Waals surface area contributed by atoms with Gasteiger partial charge in [0.15, 0.2) is 0 Å². The summed E-state index contributed by atoms with van der Waals surface area (Å²) in [7, 11) is 0. The van der Waals surface area contributed by atoms with Gasteiger partial charge in [-0.3, -0.25) is 19.3 Å². The van der Waals surface area contributed by atoms with Crippen LogP contribution in [0.25, 0.3) is 0 Å². The maximum Gasteiger partial charge on any atom is 0.261 e. The first-order valence-corrected chi connectivity index (χ1v) is 10.1. The Morgan fingerprint density at radius 1 is 1.00 bits per heavy atom. The van der Waals surface area contributed by atoms with Crippen molar-refractivity contribution in [1.82, 2.24) is 10.2 Å². The van der Waals surface area contributed by atoms with Gasteiger partial charge in [0.1, 0.15) is 0 Å². The van der Waals surface area contributed by atoms with Crippen LogP contribution in [0.2, 0.25) is 0 Å². The van der Waals surface area contributed by atoms with Gasteiger partial charge in [0.05, 0.1) is 11.1 Å². The van der Waals surface area contributed by atoms with Gasteiger partial charge in [0.25, 0.3) is 11.8 Å². The highest BCUT2D eigenvalue weighted by Gasteiger charge is 2.34. The highest BCUT2D eigenvalue weighted by Crippen LogP contribution is 2.22. The fourth-order valence-corrected chi connectivity index (χ4v) is 3.70. The minimum absolute atomic E-state index is 0.106. The maximum atomic E-state index is 12.2. The van der Waals surface area contributed by atoms with Crippen molar-refractivity contribution >= 4 is 29.5 Å². The zero-order valence-corrected chi connectivity index (χ0v) is 16.1. The van der Waals surface area contributed by atoms with Crippen LogP contribution in [-0.4, -0.2) is 41.5 Å². The molecule has 1 heterocycles. The van der Waals surface area contributed by atoms with E-state index in [4.69, 9.17) is 0 Å². The quantitative estimate of drug-likeness (QED) is 0.563. The lowest BCUT2D eigenvalue weighted by Crippen LogP contribution is -2.35. The van der Waals surface area contributed by atoms with Crippen molar-refractivity contribution in [3.63, 3.8) is 0 Å². The van der Waals surface area contributed by atoms with Crippen LogP contribution in [-0.2, 0) is 10.5 Å². The average Bonchev–Trinajstić information content (AvgIpc) is 2.92. The van der Waals surface area contributed by atoms with Crippen LogP contribution in [0.15, 0.2) is 48.5 Å². The molecule has 1 aliphatic rings. The van der Waals surface area contributed by atoms with Gasteiger partial charge in [-0.15, -0.1) is 0 Å².